The molecule has 0 aliphatic carbocycles. The molecule has 0 saturated carbocycles. The highest BCUT2D eigenvalue weighted by molar-refractivity contribution is 7.15. The van der Waals surface area contributed by atoms with Crippen LogP contribution in [0.4, 0.5) is 5.13 Å². The van der Waals surface area contributed by atoms with Gasteiger partial charge in [0.25, 0.3) is 0 Å². The van der Waals surface area contributed by atoms with Crippen molar-refractivity contribution < 1.29 is 0 Å². The number of aryl methyl sites for hydroxylation is 2. The van der Waals surface area contributed by atoms with Crippen LogP contribution in [0.3, 0.4) is 0 Å². The van der Waals surface area contributed by atoms with Crippen LogP contribution in [0.15, 0.2) is 0 Å². The van der Waals surface area contributed by atoms with Crippen molar-refractivity contribution in [2.45, 2.75) is 46.0 Å². The van der Waals surface area contributed by atoms with Crippen molar-refractivity contribution in [2.24, 2.45) is 5.41 Å². The van der Waals surface area contributed by atoms with Crippen molar-refractivity contribution in [3.05, 3.63) is 10.6 Å². The van der Waals surface area contributed by atoms with Gasteiger partial charge in [-0.05, 0) is 64.5 Å². The predicted molar refractivity (Wildman–Crippen MR) is 82.2 cm³/mol. The molecule has 1 aromatic rings. The highest BCUT2D eigenvalue weighted by Crippen LogP contribution is 2.40. The molecule has 0 amide bonds. The van der Waals surface area contributed by atoms with Crippen molar-refractivity contribution in [3.8, 4) is 0 Å². The summed E-state index contributed by atoms with van der Waals surface area (Å²) in [7, 11) is 0. The first-order valence-corrected chi connectivity index (χ1v) is 8.40. The van der Waals surface area contributed by atoms with Crippen molar-refractivity contribution in [2.75, 3.05) is 31.1 Å². The summed E-state index contributed by atoms with van der Waals surface area (Å²) in [4.78, 5) is 8.64. The molecule has 0 bridgehead atoms. The van der Waals surface area contributed by atoms with Crippen LogP contribution >= 0.6 is 11.3 Å². The zero-order valence-corrected chi connectivity index (χ0v) is 13.0. The number of rotatable bonds is 1. The summed E-state index contributed by atoms with van der Waals surface area (Å²) >= 11 is 1.87. The topological polar surface area (TPSA) is 28.2 Å². The molecule has 106 valence electrons. The fourth-order valence-corrected chi connectivity index (χ4v) is 4.45. The Hall–Kier alpha value is -0.610. The second-order valence-electron chi connectivity index (χ2n) is 6.23. The molecule has 3 heterocycles. The van der Waals surface area contributed by atoms with Gasteiger partial charge in [0.15, 0.2) is 5.13 Å². The summed E-state index contributed by atoms with van der Waals surface area (Å²) in [6, 6.07) is 0. The normalized spacial score (nSPS) is 23.6. The summed E-state index contributed by atoms with van der Waals surface area (Å²) in [5, 5.41) is 4.76. The molecule has 2 aliphatic rings. The highest BCUT2D eigenvalue weighted by Gasteiger charge is 2.34. The number of hydrogen-bond donors (Lipinski definition) is 1. The van der Waals surface area contributed by atoms with E-state index < -0.39 is 0 Å². The second-order valence-corrected chi connectivity index (χ2v) is 7.41. The minimum Gasteiger partial charge on any atom is -0.348 e. The SMILES string of the molecule is Cc1nc(N2CCCC3(CCNCC3)CC2)sc1C. The van der Waals surface area contributed by atoms with E-state index in [9.17, 15) is 0 Å². The van der Waals surface area contributed by atoms with E-state index >= 15 is 0 Å². The Balaban J connectivity index is 1.70. The van der Waals surface area contributed by atoms with Crippen molar-refractivity contribution in [1.82, 2.24) is 10.3 Å². The van der Waals surface area contributed by atoms with Gasteiger partial charge >= 0.3 is 0 Å². The van der Waals surface area contributed by atoms with Gasteiger partial charge in [-0.1, -0.05) is 0 Å². The quantitative estimate of drug-likeness (QED) is 0.856. The molecule has 0 radical (unpaired) electrons. The Morgan fingerprint density at radius 1 is 1.11 bits per heavy atom. The van der Waals surface area contributed by atoms with Crippen LogP contribution in [0.2, 0.25) is 0 Å². The van der Waals surface area contributed by atoms with Gasteiger partial charge in [0.1, 0.15) is 0 Å². The predicted octanol–water partition coefficient (Wildman–Crippen LogP) is 3.12. The van der Waals surface area contributed by atoms with Crippen molar-refractivity contribution in [1.29, 1.82) is 0 Å². The smallest absolute Gasteiger partial charge is 0.185 e. The second kappa shape index (κ2) is 5.41. The Kier molecular flexibility index (Phi) is 3.81. The maximum Gasteiger partial charge on any atom is 0.185 e. The molecular formula is C15H25N3S. The monoisotopic (exact) mass is 279 g/mol. The number of thiazole rings is 1. The molecule has 2 fully saturated rings. The van der Waals surface area contributed by atoms with Gasteiger partial charge in [0, 0.05) is 18.0 Å². The lowest BCUT2D eigenvalue weighted by Gasteiger charge is -2.37. The average molecular weight is 279 g/mol. The zero-order chi connectivity index (χ0) is 13.3. The molecule has 19 heavy (non-hydrogen) atoms. The molecule has 1 spiro atoms. The van der Waals surface area contributed by atoms with Gasteiger partial charge in [-0.3, -0.25) is 0 Å². The van der Waals surface area contributed by atoms with Gasteiger partial charge in [-0.2, -0.15) is 0 Å². The summed E-state index contributed by atoms with van der Waals surface area (Å²) in [6.07, 6.45) is 6.84. The number of aromatic nitrogens is 1. The van der Waals surface area contributed by atoms with Crippen LogP contribution < -0.4 is 10.2 Å². The van der Waals surface area contributed by atoms with Crippen molar-refractivity contribution >= 4 is 16.5 Å². The molecule has 0 unspecified atom stereocenters. The molecule has 4 heteroatoms. The molecular weight excluding hydrogens is 254 g/mol. The largest absolute Gasteiger partial charge is 0.348 e. The summed E-state index contributed by atoms with van der Waals surface area (Å²) in [5.74, 6) is 0. The lowest BCUT2D eigenvalue weighted by Crippen LogP contribution is -2.37. The van der Waals surface area contributed by atoms with Gasteiger partial charge in [0.2, 0.25) is 0 Å². The molecule has 2 saturated heterocycles. The molecule has 1 aromatic heterocycles. The Labute approximate surface area is 120 Å². The number of hydrogen-bond acceptors (Lipinski definition) is 4. The van der Waals surface area contributed by atoms with E-state index in [1.165, 1.54) is 74.0 Å². The average Bonchev–Trinajstić information content (AvgIpc) is 2.62. The standard InChI is InChI=1S/C15H25N3S/c1-12-13(2)19-14(17-12)18-10-3-4-15(7-11-18)5-8-16-9-6-15/h16H,3-11H2,1-2H3. The van der Waals surface area contributed by atoms with E-state index in [2.05, 4.69) is 24.1 Å². The van der Waals surface area contributed by atoms with E-state index in [0.717, 1.165) is 0 Å². The number of nitrogens with zero attached hydrogens (tertiary/aromatic N) is 2. The summed E-state index contributed by atoms with van der Waals surface area (Å²) in [6.45, 7) is 9.14. The van der Waals surface area contributed by atoms with Gasteiger partial charge in [0.05, 0.1) is 5.69 Å². The first-order valence-electron chi connectivity index (χ1n) is 7.58. The molecule has 0 atom stereocenters. The van der Waals surface area contributed by atoms with E-state index in [-0.39, 0.29) is 0 Å². The van der Waals surface area contributed by atoms with Crippen LogP contribution in [-0.4, -0.2) is 31.2 Å². The maximum absolute atomic E-state index is 4.74. The van der Waals surface area contributed by atoms with Crippen LogP contribution in [0.25, 0.3) is 0 Å². The van der Waals surface area contributed by atoms with Crippen LogP contribution in [0.1, 0.15) is 42.7 Å². The zero-order valence-electron chi connectivity index (χ0n) is 12.2. The third-order valence-electron chi connectivity index (χ3n) is 5.00. The van der Waals surface area contributed by atoms with Crippen LogP contribution in [0.5, 0.6) is 0 Å². The minimum absolute atomic E-state index is 0.626. The number of nitrogens with one attached hydrogen (secondary N) is 1. The summed E-state index contributed by atoms with van der Waals surface area (Å²) in [5.41, 5.74) is 1.84. The number of piperidine rings is 1. The third-order valence-corrected chi connectivity index (χ3v) is 6.13. The van der Waals surface area contributed by atoms with Gasteiger partial charge in [-0.25, -0.2) is 4.98 Å². The first kappa shape index (κ1) is 13.4. The van der Waals surface area contributed by atoms with Crippen LogP contribution in [0, 0.1) is 19.3 Å². The molecule has 3 nitrogen and oxygen atoms in total. The molecule has 1 N–H and O–H groups in total. The highest BCUT2D eigenvalue weighted by atomic mass is 32.1. The first-order chi connectivity index (χ1) is 9.19. The number of anilines is 1. The van der Waals surface area contributed by atoms with Crippen LogP contribution in [-0.2, 0) is 0 Å². The Bertz CT molecular complexity index is 415. The van der Waals surface area contributed by atoms with E-state index in [4.69, 9.17) is 4.98 Å². The fourth-order valence-electron chi connectivity index (χ4n) is 3.49. The Morgan fingerprint density at radius 3 is 2.58 bits per heavy atom. The van der Waals surface area contributed by atoms with Gasteiger partial charge in [-0.15, -0.1) is 11.3 Å². The van der Waals surface area contributed by atoms with E-state index in [1.807, 2.05) is 11.3 Å². The third kappa shape index (κ3) is 2.79. The Morgan fingerprint density at radius 2 is 1.89 bits per heavy atom. The minimum atomic E-state index is 0.626. The van der Waals surface area contributed by atoms with E-state index in [0.29, 0.717) is 5.41 Å². The lowest BCUT2D eigenvalue weighted by molar-refractivity contribution is 0.178. The maximum atomic E-state index is 4.74. The molecule has 0 aromatic carbocycles. The molecule has 3 rings (SSSR count). The molecule has 2 aliphatic heterocycles. The van der Waals surface area contributed by atoms with Crippen molar-refractivity contribution in [3.63, 3.8) is 0 Å². The van der Waals surface area contributed by atoms with Gasteiger partial charge < -0.3 is 10.2 Å². The lowest BCUT2D eigenvalue weighted by atomic mass is 9.73. The summed E-state index contributed by atoms with van der Waals surface area (Å²) < 4.78 is 0. The van der Waals surface area contributed by atoms with E-state index in [1.54, 1.807) is 0 Å². The fraction of sp³-hybridized carbons (Fsp3) is 0.800.